The normalized spacial score (nSPS) is 18.4. The zero-order valence-electron chi connectivity index (χ0n) is 13.3. The molecule has 0 aliphatic carbocycles. The summed E-state index contributed by atoms with van der Waals surface area (Å²) in [6, 6.07) is 21.7. The van der Waals surface area contributed by atoms with Crippen LogP contribution >= 0.6 is 11.8 Å². The maximum atomic E-state index is 12.2. The fourth-order valence-corrected chi connectivity index (χ4v) is 3.85. The van der Waals surface area contributed by atoms with Gasteiger partial charge in [-0.3, -0.25) is 10.1 Å². The minimum atomic E-state index is -0.382. The van der Waals surface area contributed by atoms with Gasteiger partial charge in [0.25, 0.3) is 5.24 Å². The van der Waals surface area contributed by atoms with Gasteiger partial charge in [-0.15, -0.1) is 0 Å². The Kier molecular flexibility index (Phi) is 5.52. The second-order valence-corrected chi connectivity index (χ2v) is 6.70. The van der Waals surface area contributed by atoms with Crippen LogP contribution in [-0.4, -0.2) is 28.0 Å². The molecule has 24 heavy (non-hydrogen) atoms. The van der Waals surface area contributed by atoms with E-state index >= 15 is 0 Å². The minimum absolute atomic E-state index is 0.0469. The van der Waals surface area contributed by atoms with E-state index in [1.165, 1.54) is 11.8 Å². The highest BCUT2D eigenvalue weighted by Crippen LogP contribution is 2.28. The molecular formula is C19H19N3OS. The molecule has 0 aromatic heterocycles. The van der Waals surface area contributed by atoms with Crippen LogP contribution in [0.5, 0.6) is 0 Å². The molecule has 2 atom stereocenters. The molecule has 1 aliphatic rings. The zero-order valence-corrected chi connectivity index (χ0v) is 14.1. The van der Waals surface area contributed by atoms with Crippen molar-refractivity contribution in [3.8, 4) is 6.07 Å². The van der Waals surface area contributed by atoms with Gasteiger partial charge < -0.3 is 4.90 Å². The van der Waals surface area contributed by atoms with Crippen LogP contribution in [-0.2, 0) is 13.1 Å². The van der Waals surface area contributed by atoms with Gasteiger partial charge in [0.2, 0.25) is 0 Å². The number of nitriles is 1. The van der Waals surface area contributed by atoms with Crippen LogP contribution in [0.15, 0.2) is 60.7 Å². The Morgan fingerprint density at radius 2 is 1.75 bits per heavy atom. The molecule has 0 radical (unpaired) electrons. The van der Waals surface area contributed by atoms with Gasteiger partial charge in [-0.2, -0.15) is 5.26 Å². The molecule has 4 nitrogen and oxygen atoms in total. The third-order valence-corrected chi connectivity index (χ3v) is 5.09. The summed E-state index contributed by atoms with van der Waals surface area (Å²) in [5, 5.41) is 12.9. The first-order chi connectivity index (χ1) is 11.8. The summed E-state index contributed by atoms with van der Waals surface area (Å²) in [6.45, 7) is 1.16. The van der Waals surface area contributed by atoms with E-state index in [0.717, 1.165) is 11.1 Å². The van der Waals surface area contributed by atoms with Crippen LogP contribution in [0, 0.1) is 11.3 Å². The van der Waals surface area contributed by atoms with Gasteiger partial charge in [-0.1, -0.05) is 72.4 Å². The quantitative estimate of drug-likeness (QED) is 0.878. The van der Waals surface area contributed by atoms with E-state index < -0.39 is 0 Å². The lowest BCUT2D eigenvalue weighted by Gasteiger charge is -2.28. The van der Waals surface area contributed by atoms with Gasteiger partial charge >= 0.3 is 0 Å². The second-order valence-electron chi connectivity index (χ2n) is 5.73. The number of rotatable bonds is 6. The monoisotopic (exact) mass is 337 g/mol. The lowest BCUT2D eigenvalue weighted by molar-refractivity contribution is 0.198. The number of amides is 1. The Labute approximate surface area is 146 Å². The van der Waals surface area contributed by atoms with Crippen LogP contribution in [0.1, 0.15) is 11.1 Å². The van der Waals surface area contributed by atoms with Crippen LogP contribution in [0.4, 0.5) is 4.79 Å². The van der Waals surface area contributed by atoms with Crippen molar-refractivity contribution < 1.29 is 4.79 Å². The second kappa shape index (κ2) is 8.00. The Bertz CT molecular complexity index is 714. The molecule has 1 amide bonds. The van der Waals surface area contributed by atoms with E-state index in [4.69, 9.17) is 0 Å². The van der Waals surface area contributed by atoms with Crippen LogP contribution < -0.4 is 5.32 Å². The molecule has 0 bridgehead atoms. The van der Waals surface area contributed by atoms with Gasteiger partial charge in [-0.05, 0) is 11.1 Å². The highest BCUT2D eigenvalue weighted by molar-refractivity contribution is 8.13. The highest BCUT2D eigenvalue weighted by atomic mass is 32.2. The maximum absolute atomic E-state index is 12.2. The van der Waals surface area contributed by atoms with Gasteiger partial charge in [0.15, 0.2) is 0 Å². The van der Waals surface area contributed by atoms with E-state index in [1.54, 1.807) is 0 Å². The molecule has 1 heterocycles. The number of carbonyl (C=O) groups is 1. The third-order valence-electron chi connectivity index (χ3n) is 4.10. The average molecular weight is 337 g/mol. The average Bonchev–Trinajstić information content (AvgIpc) is 2.98. The first kappa shape index (κ1) is 16.6. The zero-order chi connectivity index (χ0) is 16.8. The van der Waals surface area contributed by atoms with Crippen molar-refractivity contribution in [2.45, 2.75) is 25.2 Å². The molecule has 0 spiro atoms. The first-order valence-electron chi connectivity index (χ1n) is 7.92. The Hall–Kier alpha value is -2.29. The molecule has 0 saturated carbocycles. The Morgan fingerprint density at radius 3 is 2.38 bits per heavy atom. The van der Waals surface area contributed by atoms with Crippen molar-refractivity contribution >= 4 is 17.0 Å². The summed E-state index contributed by atoms with van der Waals surface area (Å²) in [6.07, 6.45) is 0. The molecule has 3 rings (SSSR count). The van der Waals surface area contributed by atoms with Crippen molar-refractivity contribution in [1.29, 1.82) is 5.26 Å². The lowest BCUT2D eigenvalue weighted by atomic mass is 10.1. The predicted octanol–water partition coefficient (Wildman–Crippen LogP) is 3.41. The molecule has 122 valence electrons. The fraction of sp³-hybridized carbons (Fsp3) is 0.263. The Morgan fingerprint density at radius 1 is 1.12 bits per heavy atom. The van der Waals surface area contributed by atoms with Gasteiger partial charge in [0, 0.05) is 18.8 Å². The van der Waals surface area contributed by atoms with E-state index in [9.17, 15) is 10.1 Å². The van der Waals surface area contributed by atoms with Crippen molar-refractivity contribution in [3.63, 3.8) is 0 Å². The molecule has 2 aromatic rings. The summed E-state index contributed by atoms with van der Waals surface area (Å²) in [5.74, 6) is 0.645. The molecule has 5 heteroatoms. The van der Waals surface area contributed by atoms with Crippen LogP contribution in [0.3, 0.4) is 0 Å². The summed E-state index contributed by atoms with van der Waals surface area (Å²) >= 11 is 1.29. The van der Waals surface area contributed by atoms with Crippen molar-refractivity contribution in [2.24, 2.45) is 0 Å². The summed E-state index contributed by atoms with van der Waals surface area (Å²) in [5.41, 5.74) is 2.21. The molecule has 1 saturated heterocycles. The number of benzene rings is 2. The maximum Gasteiger partial charge on any atom is 0.282 e. The van der Waals surface area contributed by atoms with E-state index in [-0.39, 0.29) is 17.3 Å². The molecular weight excluding hydrogens is 318 g/mol. The Balaban J connectivity index is 1.68. The smallest absolute Gasteiger partial charge is 0.282 e. The summed E-state index contributed by atoms with van der Waals surface area (Å²) < 4.78 is 0. The third kappa shape index (κ3) is 3.97. The van der Waals surface area contributed by atoms with Gasteiger partial charge in [0.1, 0.15) is 6.04 Å². The number of hydrogen-bond donors (Lipinski definition) is 1. The largest absolute Gasteiger partial charge is 0.323 e. The molecule has 1 N–H and O–H groups in total. The molecule has 1 fully saturated rings. The number of carbonyl (C=O) groups excluding carboxylic acids is 1. The SMILES string of the molecule is N#C[C@H](NCc1ccccc1)[C@@H]1CSC(=O)N1Cc1ccccc1. The summed E-state index contributed by atoms with van der Waals surface area (Å²) in [7, 11) is 0. The lowest BCUT2D eigenvalue weighted by Crippen LogP contribution is -2.47. The topological polar surface area (TPSA) is 56.1 Å². The predicted molar refractivity (Wildman–Crippen MR) is 96.3 cm³/mol. The number of thioether (sulfide) groups is 1. The summed E-state index contributed by atoms with van der Waals surface area (Å²) in [4.78, 5) is 14.0. The number of nitrogens with one attached hydrogen (secondary N) is 1. The van der Waals surface area contributed by atoms with Crippen molar-refractivity contribution in [3.05, 3.63) is 71.8 Å². The standard InChI is InChI=1S/C19H19N3OS/c20-11-17(21-12-15-7-3-1-4-8-15)18-14-24-19(23)22(18)13-16-9-5-2-6-10-16/h1-10,17-18,21H,12-14H2/t17-,18-/m0/s1. The highest BCUT2D eigenvalue weighted by Gasteiger charge is 2.37. The number of hydrogen-bond acceptors (Lipinski definition) is 4. The van der Waals surface area contributed by atoms with Crippen LogP contribution in [0.2, 0.25) is 0 Å². The van der Waals surface area contributed by atoms with Crippen molar-refractivity contribution in [1.82, 2.24) is 10.2 Å². The van der Waals surface area contributed by atoms with Gasteiger partial charge in [-0.25, -0.2) is 0 Å². The van der Waals surface area contributed by atoms with Gasteiger partial charge in [0.05, 0.1) is 12.1 Å². The van der Waals surface area contributed by atoms with Crippen LogP contribution in [0.25, 0.3) is 0 Å². The number of nitrogens with zero attached hydrogens (tertiary/aromatic N) is 2. The van der Waals surface area contributed by atoms with Crippen molar-refractivity contribution in [2.75, 3.05) is 5.75 Å². The van der Waals surface area contributed by atoms with E-state index in [0.29, 0.717) is 18.8 Å². The van der Waals surface area contributed by atoms with E-state index in [2.05, 4.69) is 11.4 Å². The molecule has 2 aromatic carbocycles. The molecule has 0 unspecified atom stereocenters. The van der Waals surface area contributed by atoms with E-state index in [1.807, 2.05) is 65.6 Å². The first-order valence-corrected chi connectivity index (χ1v) is 8.91. The minimum Gasteiger partial charge on any atom is -0.323 e. The fourth-order valence-electron chi connectivity index (χ4n) is 2.79. The molecule has 1 aliphatic heterocycles.